The molecule has 0 unspecified atom stereocenters. The van der Waals surface area contributed by atoms with Gasteiger partial charge in [0.2, 0.25) is 0 Å². The third-order valence-corrected chi connectivity index (χ3v) is 6.47. The van der Waals surface area contributed by atoms with Gasteiger partial charge in [-0.25, -0.2) is 23.3 Å². The van der Waals surface area contributed by atoms with Crippen molar-refractivity contribution in [2.75, 3.05) is 0 Å². The van der Waals surface area contributed by atoms with Crippen LogP contribution < -0.4 is 0 Å². The second kappa shape index (κ2) is 8.03. The molecule has 0 amide bonds. The van der Waals surface area contributed by atoms with Crippen LogP contribution in [0.2, 0.25) is 0 Å². The first-order valence-electron chi connectivity index (χ1n) is 11.0. The molecule has 166 valence electrons. The van der Waals surface area contributed by atoms with Crippen LogP contribution in [0, 0.1) is 12.8 Å². The van der Waals surface area contributed by atoms with E-state index in [2.05, 4.69) is 33.7 Å². The Hall–Kier alpha value is -3.23. The molecule has 1 aliphatic carbocycles. The number of aryl methyl sites for hydroxylation is 1. The zero-order chi connectivity index (χ0) is 22.4. The smallest absolute Gasteiger partial charge is 0.307 e. The average molecular weight is 439 g/mol. The van der Waals surface area contributed by atoms with Gasteiger partial charge in [-0.05, 0) is 56.7 Å². The second-order valence-electron chi connectivity index (χ2n) is 8.70. The van der Waals surface area contributed by atoms with Gasteiger partial charge in [0, 0.05) is 23.6 Å². The number of nitrogens with zero attached hydrogens (tertiary/aromatic N) is 7. The van der Waals surface area contributed by atoms with E-state index in [1.54, 1.807) is 17.6 Å². The van der Waals surface area contributed by atoms with Gasteiger partial charge in [-0.3, -0.25) is 0 Å². The maximum absolute atomic E-state index is 13.0. The van der Waals surface area contributed by atoms with Crippen molar-refractivity contribution in [2.24, 2.45) is 5.92 Å². The maximum atomic E-state index is 13.0. The summed E-state index contributed by atoms with van der Waals surface area (Å²) in [6, 6.07) is 5.92. The normalized spacial score (nSPS) is 19.3. The molecule has 0 saturated heterocycles. The lowest BCUT2D eigenvalue weighted by Crippen LogP contribution is -2.27. The van der Waals surface area contributed by atoms with Crippen LogP contribution in [-0.4, -0.2) is 52.9 Å². The average Bonchev–Trinajstić information content (AvgIpc) is 3.33. The van der Waals surface area contributed by atoms with E-state index in [-0.39, 0.29) is 0 Å². The highest BCUT2D eigenvalue weighted by atomic mass is 19.3. The lowest BCUT2D eigenvalue weighted by Gasteiger charge is -2.25. The van der Waals surface area contributed by atoms with Gasteiger partial charge in [0.1, 0.15) is 23.1 Å². The monoisotopic (exact) mass is 438 g/mol. The lowest BCUT2D eigenvalue weighted by molar-refractivity contribution is -0.490. The summed E-state index contributed by atoms with van der Waals surface area (Å²) in [5, 5.41) is 4.66. The number of fused-ring (bicyclic) bond motifs is 2. The standard InChI is InChI=1S/C23H26F2N7/c1-14-4-6-16(7-5-14)30(3)23-26-12-20-17(10-11-32(20)29-23)18-8-9-19-22(28-18)31(13-21(24)25)15(2)27-19/h8-12,14,16,21H,3-7,13H2,1-2H3/q+1. The molecule has 0 radical (unpaired) electrons. The summed E-state index contributed by atoms with van der Waals surface area (Å²) in [6.07, 6.45) is 5.74. The molecule has 0 atom stereocenters. The number of halogens is 2. The van der Waals surface area contributed by atoms with Gasteiger partial charge in [0.15, 0.2) is 5.65 Å². The molecule has 0 N–H and O–H groups in total. The first-order valence-corrected chi connectivity index (χ1v) is 11.0. The van der Waals surface area contributed by atoms with Gasteiger partial charge < -0.3 is 4.57 Å². The second-order valence-corrected chi connectivity index (χ2v) is 8.70. The van der Waals surface area contributed by atoms with Crippen molar-refractivity contribution < 1.29 is 13.4 Å². The summed E-state index contributed by atoms with van der Waals surface area (Å²) < 4.78 is 31.2. The summed E-state index contributed by atoms with van der Waals surface area (Å²) in [7, 11) is 0. The van der Waals surface area contributed by atoms with Crippen LogP contribution in [0.3, 0.4) is 0 Å². The van der Waals surface area contributed by atoms with Crippen molar-refractivity contribution >= 4 is 29.3 Å². The van der Waals surface area contributed by atoms with E-state index in [1.807, 2.05) is 29.0 Å². The highest BCUT2D eigenvalue weighted by Gasteiger charge is 2.27. The van der Waals surface area contributed by atoms with Crippen molar-refractivity contribution in [3.63, 3.8) is 0 Å². The molecule has 4 aromatic rings. The van der Waals surface area contributed by atoms with Crippen molar-refractivity contribution in [2.45, 2.75) is 58.5 Å². The Bertz CT molecular complexity index is 1300. The Kier molecular flexibility index (Phi) is 5.19. The minimum Gasteiger partial charge on any atom is -0.307 e. The van der Waals surface area contributed by atoms with Gasteiger partial charge in [-0.15, -0.1) is 0 Å². The van der Waals surface area contributed by atoms with Crippen molar-refractivity contribution in [1.29, 1.82) is 0 Å². The van der Waals surface area contributed by atoms with E-state index < -0.39 is 13.0 Å². The highest BCUT2D eigenvalue weighted by Crippen LogP contribution is 2.29. The van der Waals surface area contributed by atoms with Crippen molar-refractivity contribution in [3.05, 3.63) is 36.4 Å². The molecule has 0 bridgehead atoms. The molecule has 0 spiro atoms. The Morgan fingerprint density at radius 3 is 2.69 bits per heavy atom. The quantitative estimate of drug-likeness (QED) is 0.336. The number of imidazole rings is 1. The summed E-state index contributed by atoms with van der Waals surface area (Å²) in [5.41, 5.74) is 3.35. The van der Waals surface area contributed by atoms with Crippen LogP contribution in [0.4, 0.5) is 14.7 Å². The Morgan fingerprint density at radius 1 is 1.16 bits per heavy atom. The van der Waals surface area contributed by atoms with Crippen LogP contribution in [0.15, 0.2) is 30.6 Å². The van der Waals surface area contributed by atoms with Gasteiger partial charge in [0.25, 0.3) is 6.43 Å². The van der Waals surface area contributed by atoms with Crippen LogP contribution in [0.5, 0.6) is 0 Å². The molecule has 32 heavy (non-hydrogen) atoms. The van der Waals surface area contributed by atoms with E-state index >= 15 is 0 Å². The first-order chi connectivity index (χ1) is 15.4. The van der Waals surface area contributed by atoms with E-state index in [4.69, 9.17) is 0 Å². The lowest BCUT2D eigenvalue weighted by atomic mass is 9.87. The van der Waals surface area contributed by atoms with Gasteiger partial charge in [-0.1, -0.05) is 11.9 Å². The van der Waals surface area contributed by atoms with E-state index in [0.717, 1.165) is 29.8 Å². The molecular formula is C23H26F2N7+. The summed E-state index contributed by atoms with van der Waals surface area (Å²) in [5.74, 6) is 1.88. The van der Waals surface area contributed by atoms with Crippen molar-refractivity contribution in [3.8, 4) is 11.3 Å². The molecule has 1 saturated carbocycles. The third kappa shape index (κ3) is 3.65. The fraction of sp³-hybridized carbons (Fsp3) is 0.435. The molecule has 7 nitrogen and oxygen atoms in total. The Morgan fingerprint density at radius 2 is 1.94 bits per heavy atom. The predicted octanol–water partition coefficient (Wildman–Crippen LogP) is 4.64. The molecule has 0 aliphatic heterocycles. The third-order valence-electron chi connectivity index (χ3n) is 6.47. The van der Waals surface area contributed by atoms with Crippen LogP contribution in [0.1, 0.15) is 38.4 Å². The predicted molar refractivity (Wildman–Crippen MR) is 119 cm³/mol. The maximum Gasteiger partial charge on any atom is 0.453 e. The number of pyridine rings is 1. The number of alkyl halides is 2. The SMILES string of the molecule is C=[N+](c1ncc2c(-c3ccc4nc(C)n(CC(F)F)c4n3)ccn2n1)C1CCC(C)CC1. The van der Waals surface area contributed by atoms with Crippen LogP contribution in [0.25, 0.3) is 27.9 Å². The summed E-state index contributed by atoms with van der Waals surface area (Å²) in [6.45, 7) is 7.79. The number of hydrogen-bond acceptors (Lipinski definition) is 4. The number of rotatable bonds is 5. The molecule has 0 aromatic carbocycles. The highest BCUT2D eigenvalue weighted by molar-refractivity contribution is 5.82. The fourth-order valence-electron chi connectivity index (χ4n) is 4.58. The minimum atomic E-state index is -2.48. The molecule has 1 aliphatic rings. The van der Waals surface area contributed by atoms with Gasteiger partial charge in [-0.2, -0.15) is 4.52 Å². The molecule has 5 rings (SSSR count). The number of hydrogen-bond donors (Lipinski definition) is 0. The number of aromatic nitrogens is 6. The van der Waals surface area contributed by atoms with E-state index in [9.17, 15) is 8.78 Å². The van der Waals surface area contributed by atoms with Crippen LogP contribution >= 0.6 is 0 Å². The minimum absolute atomic E-state index is 0.348. The molecule has 9 heteroatoms. The van der Waals surface area contributed by atoms with E-state index in [0.29, 0.717) is 34.7 Å². The van der Waals surface area contributed by atoms with Gasteiger partial charge in [0.05, 0.1) is 18.3 Å². The molecule has 4 heterocycles. The van der Waals surface area contributed by atoms with Crippen LogP contribution in [-0.2, 0) is 6.54 Å². The largest absolute Gasteiger partial charge is 0.453 e. The summed E-state index contributed by atoms with van der Waals surface area (Å²) >= 11 is 0. The molecule has 1 fully saturated rings. The van der Waals surface area contributed by atoms with E-state index in [1.165, 1.54) is 17.4 Å². The zero-order valence-electron chi connectivity index (χ0n) is 18.2. The molecular weight excluding hydrogens is 412 g/mol. The Labute approximate surface area is 184 Å². The Balaban J connectivity index is 1.49. The topological polar surface area (TPSA) is 63.9 Å². The first kappa shape index (κ1) is 20.7. The fourth-order valence-corrected chi connectivity index (χ4v) is 4.58. The zero-order valence-corrected chi connectivity index (χ0v) is 18.2. The molecule has 4 aromatic heterocycles. The summed E-state index contributed by atoms with van der Waals surface area (Å²) in [4.78, 5) is 13.6. The van der Waals surface area contributed by atoms with Gasteiger partial charge >= 0.3 is 5.95 Å². The van der Waals surface area contributed by atoms with Crippen molar-refractivity contribution in [1.82, 2.24) is 29.1 Å².